The molecule has 1 fully saturated rings. The number of imidazole rings is 1. The molecule has 3 aromatic rings. The summed E-state index contributed by atoms with van der Waals surface area (Å²) < 4.78 is 0. The summed E-state index contributed by atoms with van der Waals surface area (Å²) in [6, 6.07) is 4.92. The van der Waals surface area contributed by atoms with Crippen molar-refractivity contribution in [3.63, 3.8) is 0 Å². The molecule has 0 unspecified atom stereocenters. The summed E-state index contributed by atoms with van der Waals surface area (Å²) >= 11 is 0. The first kappa shape index (κ1) is 12.0. The first-order chi connectivity index (χ1) is 10.7. The van der Waals surface area contributed by atoms with Crippen molar-refractivity contribution in [1.82, 2.24) is 20.2 Å². The van der Waals surface area contributed by atoms with Gasteiger partial charge < -0.3 is 10.1 Å². The van der Waals surface area contributed by atoms with Gasteiger partial charge in [-0.15, -0.1) is 0 Å². The fraction of sp³-hybridized carbons (Fsp3) is 0.312. The molecule has 0 radical (unpaired) electrons. The van der Waals surface area contributed by atoms with Crippen molar-refractivity contribution in [3.8, 4) is 11.5 Å². The number of aromatic carboxylic acids is 1. The summed E-state index contributed by atoms with van der Waals surface area (Å²) in [5.74, 6) is 1.44. The molecule has 2 aliphatic carbocycles. The van der Waals surface area contributed by atoms with Crippen LogP contribution in [0.4, 0.5) is 0 Å². The molecule has 0 spiro atoms. The molecule has 2 heterocycles. The lowest BCUT2D eigenvalue weighted by Crippen LogP contribution is -2.04. The fourth-order valence-corrected chi connectivity index (χ4v) is 3.58. The minimum absolute atomic E-state index is 0.257. The average molecular weight is 294 g/mol. The van der Waals surface area contributed by atoms with Crippen molar-refractivity contribution < 1.29 is 9.90 Å². The number of carboxylic acid groups (broad SMARTS) is 1. The molecule has 0 saturated heterocycles. The van der Waals surface area contributed by atoms with Crippen LogP contribution in [0, 0.1) is 11.8 Å². The third-order valence-electron chi connectivity index (χ3n) is 4.91. The number of H-pyrrole nitrogens is 2. The van der Waals surface area contributed by atoms with Gasteiger partial charge in [0.15, 0.2) is 5.82 Å². The highest BCUT2D eigenvalue weighted by molar-refractivity contribution is 5.93. The van der Waals surface area contributed by atoms with Gasteiger partial charge in [-0.1, -0.05) is 0 Å². The van der Waals surface area contributed by atoms with Crippen LogP contribution in [0.5, 0.6) is 0 Å². The van der Waals surface area contributed by atoms with Crippen LogP contribution in [0.2, 0.25) is 0 Å². The van der Waals surface area contributed by atoms with E-state index >= 15 is 0 Å². The van der Waals surface area contributed by atoms with E-state index in [4.69, 9.17) is 5.11 Å². The van der Waals surface area contributed by atoms with Crippen LogP contribution in [0.1, 0.15) is 28.0 Å². The molecule has 2 aliphatic rings. The van der Waals surface area contributed by atoms with Crippen molar-refractivity contribution in [2.24, 2.45) is 11.8 Å². The number of aromatic amines is 2. The van der Waals surface area contributed by atoms with Crippen LogP contribution in [0.15, 0.2) is 18.2 Å². The number of aromatic nitrogens is 4. The molecule has 3 N–H and O–H groups in total. The van der Waals surface area contributed by atoms with E-state index in [-0.39, 0.29) is 5.56 Å². The Morgan fingerprint density at radius 3 is 3.00 bits per heavy atom. The number of hydrogen-bond donors (Lipinski definition) is 3. The lowest BCUT2D eigenvalue weighted by molar-refractivity contribution is 0.0697. The van der Waals surface area contributed by atoms with Crippen molar-refractivity contribution in [2.75, 3.05) is 0 Å². The van der Waals surface area contributed by atoms with E-state index in [1.165, 1.54) is 17.7 Å². The second-order valence-corrected chi connectivity index (χ2v) is 6.32. The predicted molar refractivity (Wildman–Crippen MR) is 79.6 cm³/mol. The maximum absolute atomic E-state index is 11.1. The summed E-state index contributed by atoms with van der Waals surface area (Å²) in [6.07, 6.45) is 3.49. The summed E-state index contributed by atoms with van der Waals surface area (Å²) in [4.78, 5) is 18.8. The fourth-order valence-electron chi connectivity index (χ4n) is 3.58. The lowest BCUT2D eigenvalue weighted by Gasteiger charge is -2.09. The molecule has 110 valence electrons. The van der Waals surface area contributed by atoms with Crippen LogP contribution >= 0.6 is 0 Å². The van der Waals surface area contributed by atoms with Crippen molar-refractivity contribution >= 4 is 17.0 Å². The van der Waals surface area contributed by atoms with Crippen LogP contribution < -0.4 is 0 Å². The predicted octanol–water partition coefficient (Wildman–Crippen LogP) is 2.39. The van der Waals surface area contributed by atoms with E-state index < -0.39 is 5.97 Å². The third-order valence-corrected chi connectivity index (χ3v) is 4.91. The first-order valence-electron chi connectivity index (χ1n) is 7.48. The summed E-state index contributed by atoms with van der Waals surface area (Å²) in [5, 5.41) is 16.7. The van der Waals surface area contributed by atoms with Crippen molar-refractivity contribution in [2.45, 2.75) is 19.3 Å². The number of nitrogens with zero attached hydrogens (tertiary/aromatic N) is 2. The second-order valence-electron chi connectivity index (χ2n) is 6.32. The van der Waals surface area contributed by atoms with Gasteiger partial charge >= 0.3 is 5.97 Å². The maximum Gasteiger partial charge on any atom is 0.335 e. The Balaban J connectivity index is 1.62. The second kappa shape index (κ2) is 3.97. The standard InChI is InChI=1S/C16H14N4O2/c21-16(22)7-1-2-11-13(5-7)18-15(17-11)14-10-4-8-3-9(8)6-12(10)19-20-14/h1-2,5,8-9H,3-4,6H2,(H,17,18)(H,19,20)(H,21,22)/t8-,9+/m0/s1. The van der Waals surface area contributed by atoms with Gasteiger partial charge in [0.25, 0.3) is 0 Å². The molecule has 5 rings (SSSR count). The molecule has 0 bridgehead atoms. The Morgan fingerprint density at radius 1 is 1.27 bits per heavy atom. The Kier molecular flexibility index (Phi) is 2.16. The van der Waals surface area contributed by atoms with Crippen LogP contribution in [-0.2, 0) is 12.8 Å². The van der Waals surface area contributed by atoms with E-state index in [2.05, 4.69) is 20.2 Å². The number of carboxylic acids is 1. The molecular formula is C16H14N4O2. The Hall–Kier alpha value is -2.63. The van der Waals surface area contributed by atoms with E-state index in [9.17, 15) is 4.79 Å². The smallest absolute Gasteiger partial charge is 0.335 e. The maximum atomic E-state index is 11.1. The van der Waals surface area contributed by atoms with Gasteiger partial charge in [0.1, 0.15) is 5.69 Å². The molecule has 0 amide bonds. The number of hydrogen-bond acceptors (Lipinski definition) is 3. The number of carbonyl (C=O) groups is 1. The van der Waals surface area contributed by atoms with Crippen LogP contribution in [-0.4, -0.2) is 31.2 Å². The Bertz CT molecular complexity index is 924. The SMILES string of the molecule is O=C(O)c1ccc2nc(-c3n[nH]c4c3C[C@@H]3C[C@@H]3C4)[nH]c2c1. The number of rotatable bonds is 2. The van der Waals surface area contributed by atoms with Gasteiger partial charge in [-0.05, 0) is 49.3 Å². The zero-order valence-electron chi connectivity index (χ0n) is 11.8. The Labute approximate surface area is 125 Å². The summed E-state index contributed by atoms with van der Waals surface area (Å²) in [7, 11) is 0. The largest absolute Gasteiger partial charge is 0.478 e. The number of benzene rings is 1. The van der Waals surface area contributed by atoms with E-state index in [1.54, 1.807) is 18.2 Å². The lowest BCUT2D eigenvalue weighted by atomic mass is 9.96. The molecular weight excluding hydrogens is 280 g/mol. The van der Waals surface area contributed by atoms with Gasteiger partial charge in [-0.3, -0.25) is 5.10 Å². The highest BCUT2D eigenvalue weighted by Gasteiger charge is 2.43. The average Bonchev–Trinajstić information content (AvgIpc) is 2.94. The summed E-state index contributed by atoms with van der Waals surface area (Å²) in [6.45, 7) is 0. The number of nitrogens with one attached hydrogen (secondary N) is 2. The van der Waals surface area contributed by atoms with Gasteiger partial charge in [0.05, 0.1) is 16.6 Å². The van der Waals surface area contributed by atoms with Crippen molar-refractivity contribution in [1.29, 1.82) is 0 Å². The van der Waals surface area contributed by atoms with Gasteiger partial charge in [0, 0.05) is 11.3 Å². The normalized spacial score (nSPS) is 22.4. The van der Waals surface area contributed by atoms with Gasteiger partial charge in [0.2, 0.25) is 0 Å². The molecule has 6 heteroatoms. The quantitative estimate of drug-likeness (QED) is 0.676. The molecule has 22 heavy (non-hydrogen) atoms. The topological polar surface area (TPSA) is 94.7 Å². The molecule has 1 aromatic carbocycles. The van der Waals surface area contributed by atoms with E-state index in [1.807, 2.05) is 0 Å². The molecule has 2 aromatic heterocycles. The minimum atomic E-state index is -0.935. The monoisotopic (exact) mass is 294 g/mol. The first-order valence-corrected chi connectivity index (χ1v) is 7.48. The zero-order valence-corrected chi connectivity index (χ0v) is 11.8. The molecule has 6 nitrogen and oxygen atoms in total. The number of fused-ring (bicyclic) bond motifs is 3. The zero-order chi connectivity index (χ0) is 14.8. The molecule has 0 aliphatic heterocycles. The van der Waals surface area contributed by atoms with E-state index in [0.29, 0.717) is 5.82 Å². The Morgan fingerprint density at radius 2 is 2.14 bits per heavy atom. The van der Waals surface area contributed by atoms with Gasteiger partial charge in [-0.2, -0.15) is 5.10 Å². The summed E-state index contributed by atoms with van der Waals surface area (Å²) in [5.41, 5.74) is 5.14. The highest BCUT2D eigenvalue weighted by Crippen LogP contribution is 2.49. The highest BCUT2D eigenvalue weighted by atomic mass is 16.4. The van der Waals surface area contributed by atoms with Crippen LogP contribution in [0.3, 0.4) is 0 Å². The van der Waals surface area contributed by atoms with E-state index in [0.717, 1.165) is 41.4 Å². The third kappa shape index (κ3) is 1.63. The van der Waals surface area contributed by atoms with Gasteiger partial charge in [-0.25, -0.2) is 9.78 Å². The minimum Gasteiger partial charge on any atom is -0.478 e. The molecule has 2 atom stereocenters. The molecule has 1 saturated carbocycles. The van der Waals surface area contributed by atoms with Crippen LogP contribution in [0.25, 0.3) is 22.6 Å². The van der Waals surface area contributed by atoms with Crippen molar-refractivity contribution in [3.05, 3.63) is 35.0 Å².